The quantitative estimate of drug-likeness (QED) is 0.379. The van der Waals surface area contributed by atoms with Crippen molar-refractivity contribution in [1.29, 1.82) is 0 Å². The van der Waals surface area contributed by atoms with Crippen molar-refractivity contribution in [3.8, 4) is 0 Å². The third-order valence-electron chi connectivity index (χ3n) is 2.70. The minimum atomic E-state index is -2.67. The Kier molecular flexibility index (Phi) is 7.14. The molecule has 0 N–H and O–H groups in total. The van der Waals surface area contributed by atoms with Gasteiger partial charge in [-0.05, 0) is 6.07 Å². The minimum absolute atomic E-state index is 0. The number of carbonyl (C=O) groups is 1. The Balaban J connectivity index is 0.00000200. The van der Waals surface area contributed by atoms with E-state index in [1.807, 2.05) is 22.6 Å². The fourth-order valence-electron chi connectivity index (χ4n) is 1.86. The summed E-state index contributed by atoms with van der Waals surface area (Å²) in [5, 5.41) is 0. The van der Waals surface area contributed by atoms with Crippen LogP contribution in [0.3, 0.4) is 0 Å². The van der Waals surface area contributed by atoms with E-state index in [2.05, 4.69) is 6.08 Å². The van der Waals surface area contributed by atoms with Crippen molar-refractivity contribution < 1.29 is 50.7 Å². The van der Waals surface area contributed by atoms with Crippen molar-refractivity contribution >= 4 is 34.2 Å². The second-order valence-corrected chi connectivity index (χ2v) is 5.52. The normalized spacial score (nSPS) is 18.9. The number of hydrogen-bond acceptors (Lipinski definition) is 1. The summed E-state index contributed by atoms with van der Waals surface area (Å²) >= 11 is 1.88. The molecule has 20 heavy (non-hydrogen) atoms. The van der Waals surface area contributed by atoms with E-state index in [0.29, 0.717) is 6.42 Å². The Hall–Kier alpha value is 0.0539. The molecular weight excluding hydrogens is 459 g/mol. The van der Waals surface area contributed by atoms with E-state index in [1.54, 1.807) is 6.07 Å². The molecule has 105 valence electrons. The molecule has 1 aliphatic heterocycles. The number of amides is 1. The first kappa shape index (κ1) is 18.1. The Labute approximate surface area is 153 Å². The number of allylic oxidation sites excluding steroid dienone is 1. The second kappa shape index (κ2) is 7.89. The molecule has 0 fully saturated rings. The van der Waals surface area contributed by atoms with E-state index in [0.717, 1.165) is 4.90 Å². The predicted octanol–water partition coefficient (Wildman–Crippen LogP) is 3.27. The first-order valence-electron chi connectivity index (χ1n) is 5.60. The van der Waals surface area contributed by atoms with Crippen LogP contribution in [0.1, 0.15) is 12.0 Å². The molecule has 2 nitrogen and oxygen atoms in total. The average Bonchev–Trinajstić information content (AvgIpc) is 2.36. The second-order valence-electron chi connectivity index (χ2n) is 4.02. The SMILES string of the molecule is O=C1C(I)C[C-]=C(c2ccccc2F)N1CC(F)F.[Y]. The molecule has 1 atom stereocenters. The van der Waals surface area contributed by atoms with Gasteiger partial charge >= 0.3 is 0 Å². The van der Waals surface area contributed by atoms with Gasteiger partial charge in [0.1, 0.15) is 0 Å². The van der Waals surface area contributed by atoms with Crippen LogP contribution in [0.2, 0.25) is 0 Å². The number of nitrogens with zero attached hydrogens (tertiary/aromatic N) is 1. The van der Waals surface area contributed by atoms with E-state index < -0.39 is 28.6 Å². The number of alkyl halides is 3. The summed E-state index contributed by atoms with van der Waals surface area (Å²) in [6.07, 6.45) is 0.475. The van der Waals surface area contributed by atoms with Gasteiger partial charge in [-0.25, -0.2) is 19.2 Å². The zero-order valence-corrected chi connectivity index (χ0v) is 15.3. The molecule has 0 saturated carbocycles. The number of rotatable bonds is 3. The van der Waals surface area contributed by atoms with Crippen molar-refractivity contribution in [3.63, 3.8) is 0 Å². The summed E-state index contributed by atoms with van der Waals surface area (Å²) in [5.74, 6) is -0.984. The van der Waals surface area contributed by atoms with Gasteiger partial charge in [0.15, 0.2) is 0 Å². The van der Waals surface area contributed by atoms with Crippen molar-refractivity contribution in [3.05, 3.63) is 41.7 Å². The van der Waals surface area contributed by atoms with Crippen LogP contribution in [-0.2, 0) is 37.5 Å². The topological polar surface area (TPSA) is 20.3 Å². The van der Waals surface area contributed by atoms with Crippen molar-refractivity contribution in [1.82, 2.24) is 4.90 Å². The monoisotopic (exact) mass is 469 g/mol. The molecule has 1 heterocycles. The van der Waals surface area contributed by atoms with E-state index in [9.17, 15) is 18.0 Å². The molecule has 1 aromatic rings. The molecule has 0 aliphatic carbocycles. The first-order chi connectivity index (χ1) is 9.00. The molecule has 1 amide bonds. The average molecular weight is 469 g/mol. The zero-order chi connectivity index (χ0) is 14.0. The van der Waals surface area contributed by atoms with Crippen LogP contribution in [0, 0.1) is 11.9 Å². The van der Waals surface area contributed by atoms with E-state index in [1.165, 1.54) is 18.2 Å². The van der Waals surface area contributed by atoms with Crippen LogP contribution in [-0.4, -0.2) is 27.7 Å². The maximum atomic E-state index is 13.7. The Morgan fingerprint density at radius 2 is 2.05 bits per heavy atom. The number of halogens is 4. The van der Waals surface area contributed by atoms with Gasteiger partial charge in [0.2, 0.25) is 5.91 Å². The molecule has 2 rings (SSSR count). The summed E-state index contributed by atoms with van der Waals surface area (Å²) in [6, 6.07) is 5.78. The summed E-state index contributed by atoms with van der Waals surface area (Å²) in [4.78, 5) is 12.9. The van der Waals surface area contributed by atoms with Gasteiger partial charge in [0, 0.05) is 32.7 Å². The van der Waals surface area contributed by atoms with Crippen LogP contribution in [0.15, 0.2) is 24.3 Å². The molecule has 0 saturated heterocycles. The molecular formula is C13H10F3INOY-. The number of hydrogen-bond donors (Lipinski definition) is 0. The predicted molar refractivity (Wildman–Crippen MR) is 73.2 cm³/mol. The molecule has 7 heteroatoms. The van der Waals surface area contributed by atoms with Gasteiger partial charge in [-0.15, -0.1) is 17.3 Å². The number of carbonyl (C=O) groups excluding carboxylic acids is 1. The third-order valence-corrected chi connectivity index (χ3v) is 3.68. The van der Waals surface area contributed by atoms with Crippen LogP contribution >= 0.6 is 22.6 Å². The Morgan fingerprint density at radius 1 is 1.40 bits per heavy atom. The molecule has 1 aromatic carbocycles. The minimum Gasteiger partial charge on any atom is -0.341 e. The molecule has 1 radical (unpaired) electrons. The van der Waals surface area contributed by atoms with Crippen molar-refractivity contribution in [2.45, 2.75) is 16.8 Å². The third kappa shape index (κ3) is 4.04. The maximum Gasteiger partial charge on any atom is 0.256 e. The summed E-state index contributed by atoms with van der Waals surface area (Å²) < 4.78 is 38.4. The fraction of sp³-hybridized carbons (Fsp3) is 0.308. The smallest absolute Gasteiger partial charge is 0.256 e. The molecule has 1 unspecified atom stereocenters. The first-order valence-corrected chi connectivity index (χ1v) is 6.84. The van der Waals surface area contributed by atoms with Crippen LogP contribution in [0.4, 0.5) is 13.2 Å². The van der Waals surface area contributed by atoms with Crippen molar-refractivity contribution in [2.75, 3.05) is 6.54 Å². The van der Waals surface area contributed by atoms with Crippen LogP contribution < -0.4 is 0 Å². The standard InChI is InChI=1S/C13H10F3INO.Y/c14-9-4-2-1-3-8(9)11-6-5-10(17)13(19)18(11)7-12(15)16;/h1-4,10,12H,5,7H2;/q-1;. The Morgan fingerprint density at radius 3 is 2.65 bits per heavy atom. The molecule has 0 bridgehead atoms. The maximum absolute atomic E-state index is 13.7. The van der Waals surface area contributed by atoms with Gasteiger partial charge < -0.3 is 4.90 Å². The van der Waals surface area contributed by atoms with E-state index >= 15 is 0 Å². The summed E-state index contributed by atoms with van der Waals surface area (Å²) in [5.41, 5.74) is 0.233. The molecule has 1 aliphatic rings. The summed E-state index contributed by atoms with van der Waals surface area (Å²) in [7, 11) is 0. The largest absolute Gasteiger partial charge is 0.341 e. The van der Waals surface area contributed by atoms with Crippen LogP contribution in [0.25, 0.3) is 5.70 Å². The van der Waals surface area contributed by atoms with Gasteiger partial charge in [-0.3, -0.25) is 4.79 Å². The van der Waals surface area contributed by atoms with Gasteiger partial charge in [0.25, 0.3) is 6.43 Å². The molecule has 0 aromatic heterocycles. The fourth-order valence-corrected chi connectivity index (χ4v) is 2.42. The van der Waals surface area contributed by atoms with E-state index in [4.69, 9.17) is 0 Å². The zero-order valence-electron chi connectivity index (χ0n) is 10.3. The Bertz CT molecular complexity index is 524. The molecule has 0 spiro atoms. The summed E-state index contributed by atoms with van der Waals surface area (Å²) in [6.45, 7) is -0.741. The van der Waals surface area contributed by atoms with Crippen molar-refractivity contribution in [2.24, 2.45) is 0 Å². The van der Waals surface area contributed by atoms with Crippen LogP contribution in [0.5, 0.6) is 0 Å². The van der Waals surface area contributed by atoms with Gasteiger partial charge in [-0.2, -0.15) is 0 Å². The van der Waals surface area contributed by atoms with Gasteiger partial charge in [-0.1, -0.05) is 41.1 Å². The van der Waals surface area contributed by atoms with Gasteiger partial charge in [0.05, 0.1) is 16.3 Å². The van der Waals surface area contributed by atoms with E-state index in [-0.39, 0.29) is 44.0 Å². The number of benzene rings is 1.